The van der Waals surface area contributed by atoms with Crippen molar-refractivity contribution in [3.63, 3.8) is 0 Å². The highest BCUT2D eigenvalue weighted by Gasteiger charge is 2.24. The lowest BCUT2D eigenvalue weighted by Crippen LogP contribution is -2.29. The summed E-state index contributed by atoms with van der Waals surface area (Å²) in [6.45, 7) is 1.73. The summed E-state index contributed by atoms with van der Waals surface area (Å²) in [5, 5.41) is 1.23. The van der Waals surface area contributed by atoms with Crippen molar-refractivity contribution in [3.05, 3.63) is 29.3 Å². The Kier molecular flexibility index (Phi) is 3.45. The Labute approximate surface area is 113 Å². The van der Waals surface area contributed by atoms with Gasteiger partial charge in [-0.05, 0) is 18.6 Å². The molecule has 0 radical (unpaired) electrons. The smallest absolute Gasteiger partial charge is 0.0942 e. The summed E-state index contributed by atoms with van der Waals surface area (Å²) in [5.74, 6) is 0.560. The van der Waals surface area contributed by atoms with E-state index in [4.69, 9.17) is 4.74 Å². The van der Waals surface area contributed by atoms with Crippen LogP contribution in [0.5, 0.6) is 0 Å². The molecule has 1 aliphatic rings. The molecule has 2 atom stereocenters. The van der Waals surface area contributed by atoms with E-state index >= 15 is 0 Å². The second kappa shape index (κ2) is 5.04. The first kappa shape index (κ1) is 11.6. The van der Waals surface area contributed by atoms with Crippen molar-refractivity contribution in [2.75, 3.05) is 13.2 Å². The summed E-state index contributed by atoms with van der Waals surface area (Å²) in [6.07, 6.45) is 2.13. The molecule has 0 N–H and O–H groups in total. The molecular formula is C13H14BrNOS. The van der Waals surface area contributed by atoms with Gasteiger partial charge in [-0.3, -0.25) is 0 Å². The molecule has 1 fully saturated rings. The lowest BCUT2D eigenvalue weighted by molar-refractivity contribution is 0.0605. The second-order valence-corrected chi connectivity index (χ2v) is 6.71. The van der Waals surface area contributed by atoms with Crippen LogP contribution in [0.4, 0.5) is 0 Å². The van der Waals surface area contributed by atoms with E-state index in [0.29, 0.717) is 10.7 Å². The van der Waals surface area contributed by atoms with E-state index in [1.54, 1.807) is 11.3 Å². The van der Waals surface area contributed by atoms with E-state index < -0.39 is 0 Å². The molecule has 2 heterocycles. The van der Waals surface area contributed by atoms with Gasteiger partial charge in [0.15, 0.2) is 0 Å². The number of hydrogen-bond donors (Lipinski definition) is 0. The zero-order valence-corrected chi connectivity index (χ0v) is 11.8. The highest BCUT2D eigenvalue weighted by atomic mass is 79.9. The number of para-hydroxylation sites is 1. The summed E-state index contributed by atoms with van der Waals surface area (Å²) in [7, 11) is 0. The maximum Gasteiger partial charge on any atom is 0.0942 e. The first-order chi connectivity index (χ1) is 8.33. The SMILES string of the molecule is BrC1CCOCC1Cc1nc2ccccc2s1. The first-order valence-corrected chi connectivity index (χ1v) is 7.62. The average Bonchev–Trinajstić information content (AvgIpc) is 2.74. The minimum atomic E-state index is 0.560. The van der Waals surface area contributed by atoms with E-state index in [9.17, 15) is 0 Å². The standard InChI is InChI=1S/C13H14BrNOS/c14-10-5-6-16-8-9(10)7-13-15-11-3-1-2-4-12(11)17-13/h1-4,9-10H,5-8H2. The number of rotatable bonds is 2. The van der Waals surface area contributed by atoms with E-state index in [1.807, 2.05) is 6.07 Å². The Hall–Kier alpha value is -0.450. The molecule has 17 heavy (non-hydrogen) atoms. The maximum absolute atomic E-state index is 5.55. The van der Waals surface area contributed by atoms with E-state index in [1.165, 1.54) is 9.71 Å². The van der Waals surface area contributed by atoms with Gasteiger partial charge in [0.1, 0.15) is 0 Å². The van der Waals surface area contributed by atoms with Crippen molar-refractivity contribution < 1.29 is 4.74 Å². The van der Waals surface area contributed by atoms with Crippen molar-refractivity contribution in [2.24, 2.45) is 5.92 Å². The van der Waals surface area contributed by atoms with Crippen molar-refractivity contribution in [2.45, 2.75) is 17.7 Å². The second-order valence-electron chi connectivity index (χ2n) is 4.42. The molecule has 0 spiro atoms. The van der Waals surface area contributed by atoms with Gasteiger partial charge in [0, 0.05) is 23.8 Å². The highest BCUT2D eigenvalue weighted by molar-refractivity contribution is 9.09. The Morgan fingerprint density at radius 3 is 3.12 bits per heavy atom. The minimum absolute atomic E-state index is 0.560. The maximum atomic E-state index is 5.55. The van der Waals surface area contributed by atoms with Gasteiger partial charge in [-0.15, -0.1) is 11.3 Å². The molecule has 0 bridgehead atoms. The molecule has 0 amide bonds. The van der Waals surface area contributed by atoms with Crippen LogP contribution in [0.15, 0.2) is 24.3 Å². The van der Waals surface area contributed by atoms with Gasteiger partial charge in [0.2, 0.25) is 0 Å². The number of aromatic nitrogens is 1. The number of fused-ring (bicyclic) bond motifs is 1. The molecule has 1 aromatic heterocycles. The van der Waals surface area contributed by atoms with Crippen LogP contribution in [0.2, 0.25) is 0 Å². The van der Waals surface area contributed by atoms with Crippen LogP contribution in [0.1, 0.15) is 11.4 Å². The lowest BCUT2D eigenvalue weighted by Gasteiger charge is -2.26. The molecule has 1 saturated heterocycles. The lowest BCUT2D eigenvalue weighted by atomic mass is 9.99. The fourth-order valence-corrected chi connectivity index (χ4v) is 3.78. The van der Waals surface area contributed by atoms with Crippen LogP contribution in [-0.4, -0.2) is 23.0 Å². The molecule has 2 nitrogen and oxygen atoms in total. The van der Waals surface area contributed by atoms with E-state index in [2.05, 4.69) is 39.1 Å². The third-order valence-corrected chi connectivity index (χ3v) is 5.42. The Balaban J connectivity index is 1.79. The largest absolute Gasteiger partial charge is 0.381 e. The third-order valence-electron chi connectivity index (χ3n) is 3.16. The highest BCUT2D eigenvalue weighted by Crippen LogP contribution is 2.29. The topological polar surface area (TPSA) is 22.1 Å². The van der Waals surface area contributed by atoms with Crippen LogP contribution >= 0.6 is 27.3 Å². The van der Waals surface area contributed by atoms with Gasteiger partial charge < -0.3 is 4.74 Å². The Morgan fingerprint density at radius 2 is 2.29 bits per heavy atom. The van der Waals surface area contributed by atoms with Gasteiger partial charge in [0.25, 0.3) is 0 Å². The van der Waals surface area contributed by atoms with E-state index in [0.717, 1.165) is 31.6 Å². The van der Waals surface area contributed by atoms with Gasteiger partial charge in [0.05, 0.1) is 21.8 Å². The van der Waals surface area contributed by atoms with Crippen LogP contribution in [-0.2, 0) is 11.2 Å². The molecule has 2 aromatic rings. The zero-order chi connectivity index (χ0) is 11.7. The van der Waals surface area contributed by atoms with E-state index in [-0.39, 0.29) is 0 Å². The molecule has 1 aromatic carbocycles. The summed E-state index contributed by atoms with van der Waals surface area (Å²) in [5.41, 5.74) is 1.12. The molecule has 4 heteroatoms. The average molecular weight is 312 g/mol. The van der Waals surface area contributed by atoms with Gasteiger partial charge in [-0.1, -0.05) is 28.1 Å². The monoisotopic (exact) mass is 311 g/mol. The predicted molar refractivity (Wildman–Crippen MR) is 75.0 cm³/mol. The van der Waals surface area contributed by atoms with Crippen molar-refractivity contribution >= 4 is 37.5 Å². The summed E-state index contributed by atoms with van der Waals surface area (Å²) < 4.78 is 6.83. The number of halogens is 1. The van der Waals surface area contributed by atoms with Crippen LogP contribution in [0.25, 0.3) is 10.2 Å². The van der Waals surface area contributed by atoms with Gasteiger partial charge >= 0.3 is 0 Å². The summed E-state index contributed by atoms with van der Waals surface area (Å²) in [4.78, 5) is 5.26. The quantitative estimate of drug-likeness (QED) is 0.790. The minimum Gasteiger partial charge on any atom is -0.381 e. The Bertz CT molecular complexity index is 480. The fraction of sp³-hybridized carbons (Fsp3) is 0.462. The molecule has 0 aliphatic carbocycles. The zero-order valence-electron chi connectivity index (χ0n) is 9.43. The Morgan fingerprint density at radius 1 is 1.41 bits per heavy atom. The molecule has 0 saturated carbocycles. The normalized spacial score (nSPS) is 25.2. The number of thiazole rings is 1. The van der Waals surface area contributed by atoms with Crippen LogP contribution < -0.4 is 0 Å². The molecule has 90 valence electrons. The molecule has 3 rings (SSSR count). The van der Waals surface area contributed by atoms with Crippen molar-refractivity contribution in [1.29, 1.82) is 0 Å². The number of benzene rings is 1. The third kappa shape index (κ3) is 2.54. The molecule has 1 aliphatic heterocycles. The predicted octanol–water partition coefficient (Wildman–Crippen LogP) is 3.64. The van der Waals surface area contributed by atoms with Crippen molar-refractivity contribution in [1.82, 2.24) is 4.98 Å². The number of alkyl halides is 1. The van der Waals surface area contributed by atoms with Gasteiger partial charge in [-0.25, -0.2) is 4.98 Å². The number of hydrogen-bond acceptors (Lipinski definition) is 3. The van der Waals surface area contributed by atoms with Crippen LogP contribution in [0.3, 0.4) is 0 Å². The fourth-order valence-electron chi connectivity index (χ4n) is 2.19. The number of ether oxygens (including phenoxy) is 1. The first-order valence-electron chi connectivity index (χ1n) is 5.89. The summed E-state index contributed by atoms with van der Waals surface area (Å²) >= 11 is 5.56. The van der Waals surface area contributed by atoms with Gasteiger partial charge in [-0.2, -0.15) is 0 Å². The van der Waals surface area contributed by atoms with Crippen molar-refractivity contribution in [3.8, 4) is 0 Å². The summed E-state index contributed by atoms with van der Waals surface area (Å²) in [6, 6.07) is 8.34. The molecular weight excluding hydrogens is 298 g/mol. The molecule has 2 unspecified atom stereocenters. The van der Waals surface area contributed by atoms with Crippen LogP contribution in [0, 0.1) is 5.92 Å². The number of nitrogens with zero attached hydrogens (tertiary/aromatic N) is 1.